The third-order valence-electron chi connectivity index (χ3n) is 3.39. The van der Waals surface area contributed by atoms with Gasteiger partial charge in [-0.2, -0.15) is 0 Å². The summed E-state index contributed by atoms with van der Waals surface area (Å²) < 4.78 is 0. The summed E-state index contributed by atoms with van der Waals surface area (Å²) in [5.41, 5.74) is 2.02. The van der Waals surface area contributed by atoms with Gasteiger partial charge in [0.15, 0.2) is 0 Å². The molecule has 3 rings (SSSR count). The Morgan fingerprint density at radius 3 is 2.74 bits per heavy atom. The van der Waals surface area contributed by atoms with E-state index in [4.69, 9.17) is 11.6 Å². The third kappa shape index (κ3) is 3.34. The lowest BCUT2D eigenvalue weighted by molar-refractivity contribution is -0.136. The molecule has 1 aromatic carbocycles. The van der Waals surface area contributed by atoms with Crippen molar-refractivity contribution in [1.29, 1.82) is 0 Å². The van der Waals surface area contributed by atoms with Gasteiger partial charge in [-0.1, -0.05) is 42.4 Å². The molecule has 0 bridgehead atoms. The number of thioether (sulfide) groups is 1. The summed E-state index contributed by atoms with van der Waals surface area (Å²) in [5, 5.41) is 13.1. The number of nitrogens with zero attached hydrogens (tertiary/aromatic N) is 2. The van der Waals surface area contributed by atoms with Crippen LogP contribution in [0.2, 0.25) is 5.02 Å². The standard InChI is InChI=1S/C16H13ClN2O2S2/c1-2-12(16(20)21)23-15-13-11(7-22-14(13)18-8-19-15)9-3-5-10(17)6-4-9/h3-8,12H,2H2,1H3,(H,20,21)/t12-/m0/s1. The lowest BCUT2D eigenvalue weighted by atomic mass is 10.1. The largest absolute Gasteiger partial charge is 0.480 e. The fraction of sp³-hybridized carbons (Fsp3) is 0.188. The molecule has 2 heterocycles. The third-order valence-corrected chi connectivity index (χ3v) is 5.88. The minimum atomic E-state index is -0.826. The molecule has 0 saturated heterocycles. The summed E-state index contributed by atoms with van der Waals surface area (Å²) in [6, 6.07) is 7.56. The molecule has 0 aliphatic rings. The number of fused-ring (bicyclic) bond motifs is 1. The maximum Gasteiger partial charge on any atom is 0.317 e. The van der Waals surface area contributed by atoms with Crippen LogP contribution in [0.1, 0.15) is 13.3 Å². The van der Waals surface area contributed by atoms with Crippen molar-refractivity contribution in [3.05, 3.63) is 41.0 Å². The molecule has 1 atom stereocenters. The molecular weight excluding hydrogens is 352 g/mol. The number of carboxylic acid groups (broad SMARTS) is 1. The van der Waals surface area contributed by atoms with Crippen molar-refractivity contribution in [3.63, 3.8) is 0 Å². The highest BCUT2D eigenvalue weighted by Crippen LogP contribution is 2.39. The second-order valence-corrected chi connectivity index (χ2v) is 7.35. The minimum Gasteiger partial charge on any atom is -0.480 e. The lowest BCUT2D eigenvalue weighted by Gasteiger charge is -2.10. The number of thiophene rings is 1. The van der Waals surface area contributed by atoms with Gasteiger partial charge in [0.25, 0.3) is 0 Å². The maximum absolute atomic E-state index is 11.3. The molecule has 0 amide bonds. The summed E-state index contributed by atoms with van der Waals surface area (Å²) in [4.78, 5) is 20.8. The molecule has 7 heteroatoms. The van der Waals surface area contributed by atoms with Crippen molar-refractivity contribution in [2.24, 2.45) is 0 Å². The first-order chi connectivity index (χ1) is 11.1. The molecule has 23 heavy (non-hydrogen) atoms. The quantitative estimate of drug-likeness (QED) is 0.511. The Kier molecular flexibility index (Phi) is 4.84. The van der Waals surface area contributed by atoms with Gasteiger partial charge in [0.05, 0.1) is 5.39 Å². The van der Waals surface area contributed by atoms with Crippen LogP contribution in [-0.2, 0) is 4.79 Å². The van der Waals surface area contributed by atoms with Crippen molar-refractivity contribution >= 4 is 50.9 Å². The number of aromatic nitrogens is 2. The van der Waals surface area contributed by atoms with Crippen LogP contribution in [0.25, 0.3) is 21.3 Å². The molecule has 0 spiro atoms. The number of benzene rings is 1. The van der Waals surface area contributed by atoms with E-state index in [9.17, 15) is 9.90 Å². The van der Waals surface area contributed by atoms with Gasteiger partial charge in [0, 0.05) is 16.0 Å². The van der Waals surface area contributed by atoms with E-state index in [1.165, 1.54) is 29.4 Å². The zero-order chi connectivity index (χ0) is 16.4. The number of aliphatic carboxylic acids is 1. The van der Waals surface area contributed by atoms with Crippen LogP contribution >= 0.6 is 34.7 Å². The predicted octanol–water partition coefficient (Wildman–Crippen LogP) is 4.97. The summed E-state index contributed by atoms with van der Waals surface area (Å²) in [5.74, 6) is -0.826. The SMILES string of the molecule is CC[C@H](Sc1ncnc2scc(-c3ccc(Cl)cc3)c12)C(=O)O. The second-order valence-electron chi connectivity index (χ2n) is 4.87. The molecule has 0 aliphatic heterocycles. The Bertz CT molecular complexity index is 849. The van der Waals surface area contributed by atoms with Crippen LogP contribution < -0.4 is 0 Å². The van der Waals surface area contributed by atoms with Crippen molar-refractivity contribution in [1.82, 2.24) is 9.97 Å². The number of carboxylic acids is 1. The number of halogens is 1. The van der Waals surface area contributed by atoms with Crippen LogP contribution in [-0.4, -0.2) is 26.3 Å². The van der Waals surface area contributed by atoms with E-state index in [1.54, 1.807) is 0 Å². The molecule has 0 aliphatic carbocycles. The number of hydrogen-bond donors (Lipinski definition) is 1. The molecule has 3 aromatic rings. The Morgan fingerprint density at radius 2 is 2.09 bits per heavy atom. The van der Waals surface area contributed by atoms with E-state index in [1.807, 2.05) is 36.6 Å². The van der Waals surface area contributed by atoms with Crippen molar-refractivity contribution in [3.8, 4) is 11.1 Å². The first-order valence-electron chi connectivity index (χ1n) is 6.97. The van der Waals surface area contributed by atoms with Crippen molar-refractivity contribution in [2.75, 3.05) is 0 Å². The molecule has 1 N–H and O–H groups in total. The van der Waals surface area contributed by atoms with Crippen LogP contribution in [0.4, 0.5) is 0 Å². The summed E-state index contributed by atoms with van der Waals surface area (Å²) in [6.45, 7) is 1.86. The van der Waals surface area contributed by atoms with Gasteiger partial charge in [0.2, 0.25) is 0 Å². The highest BCUT2D eigenvalue weighted by atomic mass is 35.5. The highest BCUT2D eigenvalue weighted by Gasteiger charge is 2.21. The zero-order valence-electron chi connectivity index (χ0n) is 12.2. The van der Waals surface area contributed by atoms with Crippen LogP contribution in [0.5, 0.6) is 0 Å². The van der Waals surface area contributed by atoms with Gasteiger partial charge in [-0.3, -0.25) is 4.79 Å². The maximum atomic E-state index is 11.3. The zero-order valence-corrected chi connectivity index (χ0v) is 14.6. The Labute approximate surface area is 146 Å². The first kappa shape index (κ1) is 16.2. The van der Waals surface area contributed by atoms with Gasteiger partial charge in [-0.05, 0) is 24.1 Å². The fourth-order valence-electron chi connectivity index (χ4n) is 2.22. The van der Waals surface area contributed by atoms with Gasteiger partial charge in [-0.25, -0.2) is 9.97 Å². The van der Waals surface area contributed by atoms with Crippen LogP contribution in [0.3, 0.4) is 0 Å². The first-order valence-corrected chi connectivity index (χ1v) is 9.11. The molecule has 4 nitrogen and oxygen atoms in total. The second kappa shape index (κ2) is 6.86. The Hall–Kier alpha value is -1.63. The minimum absolute atomic E-state index is 0.522. The van der Waals surface area contributed by atoms with Gasteiger partial charge in [0.1, 0.15) is 21.4 Å². The number of hydrogen-bond acceptors (Lipinski definition) is 5. The monoisotopic (exact) mass is 364 g/mol. The molecule has 118 valence electrons. The Balaban J connectivity index is 2.10. The number of carbonyl (C=O) groups is 1. The molecule has 0 fully saturated rings. The molecular formula is C16H13ClN2O2S2. The summed E-state index contributed by atoms with van der Waals surface area (Å²) in [6.07, 6.45) is 2.02. The molecule has 2 aromatic heterocycles. The van der Waals surface area contributed by atoms with Gasteiger partial charge in [-0.15, -0.1) is 11.3 Å². The predicted molar refractivity (Wildman–Crippen MR) is 95.4 cm³/mol. The van der Waals surface area contributed by atoms with Crippen molar-refractivity contribution in [2.45, 2.75) is 23.6 Å². The lowest BCUT2D eigenvalue weighted by Crippen LogP contribution is -2.15. The Morgan fingerprint density at radius 1 is 1.35 bits per heavy atom. The topological polar surface area (TPSA) is 63.1 Å². The average Bonchev–Trinajstić information content (AvgIpc) is 2.98. The molecule has 0 radical (unpaired) electrons. The highest BCUT2D eigenvalue weighted by molar-refractivity contribution is 8.00. The van der Waals surface area contributed by atoms with E-state index in [0.717, 1.165) is 21.3 Å². The van der Waals surface area contributed by atoms with E-state index in [2.05, 4.69) is 9.97 Å². The fourth-order valence-corrected chi connectivity index (χ4v) is 4.30. The van der Waals surface area contributed by atoms with Gasteiger partial charge < -0.3 is 5.11 Å². The van der Waals surface area contributed by atoms with E-state index < -0.39 is 11.2 Å². The molecule has 0 saturated carbocycles. The molecule has 0 unspecified atom stereocenters. The number of rotatable bonds is 5. The van der Waals surface area contributed by atoms with E-state index >= 15 is 0 Å². The van der Waals surface area contributed by atoms with Crippen LogP contribution in [0.15, 0.2) is 41.0 Å². The normalized spacial score (nSPS) is 12.4. The van der Waals surface area contributed by atoms with Crippen molar-refractivity contribution < 1.29 is 9.90 Å². The average molecular weight is 365 g/mol. The smallest absolute Gasteiger partial charge is 0.317 e. The van der Waals surface area contributed by atoms with Gasteiger partial charge >= 0.3 is 5.97 Å². The summed E-state index contributed by atoms with van der Waals surface area (Å²) in [7, 11) is 0. The summed E-state index contributed by atoms with van der Waals surface area (Å²) >= 11 is 8.75. The van der Waals surface area contributed by atoms with E-state index in [0.29, 0.717) is 16.5 Å². The van der Waals surface area contributed by atoms with Crippen LogP contribution in [0, 0.1) is 0 Å². The van der Waals surface area contributed by atoms with E-state index in [-0.39, 0.29) is 0 Å².